The molecule has 0 heterocycles. The quantitative estimate of drug-likeness (QED) is 0.693. The van der Waals surface area contributed by atoms with Crippen molar-refractivity contribution in [2.24, 2.45) is 0 Å². The number of hydrazine groups is 1. The highest BCUT2D eigenvalue weighted by molar-refractivity contribution is 7.89. The Morgan fingerprint density at radius 1 is 0.720 bits per heavy atom. The molecule has 3 aromatic carbocycles. The van der Waals surface area contributed by atoms with Crippen LogP contribution in [0, 0.1) is 0 Å². The first-order valence-corrected chi connectivity index (χ1v) is 9.07. The minimum absolute atomic E-state index is 0.0715. The first-order valence-electron chi connectivity index (χ1n) is 7.59. The second-order valence-electron chi connectivity index (χ2n) is 5.32. The van der Waals surface area contributed by atoms with Gasteiger partial charge in [0.25, 0.3) is 15.9 Å². The van der Waals surface area contributed by atoms with Crippen molar-refractivity contribution < 1.29 is 13.2 Å². The van der Waals surface area contributed by atoms with E-state index in [0.29, 0.717) is 5.56 Å². The lowest BCUT2D eigenvalue weighted by molar-refractivity contribution is 0.0945. The molecule has 6 heteroatoms. The average molecular weight is 352 g/mol. The van der Waals surface area contributed by atoms with Gasteiger partial charge in [-0.1, -0.05) is 60.7 Å². The number of hydrogen-bond acceptors (Lipinski definition) is 3. The molecule has 0 aliphatic heterocycles. The molecule has 0 aliphatic carbocycles. The highest BCUT2D eigenvalue weighted by Gasteiger charge is 2.16. The zero-order valence-electron chi connectivity index (χ0n) is 13.2. The van der Waals surface area contributed by atoms with E-state index in [9.17, 15) is 13.2 Å². The zero-order valence-corrected chi connectivity index (χ0v) is 14.0. The summed E-state index contributed by atoms with van der Waals surface area (Å²) >= 11 is 0. The second kappa shape index (κ2) is 7.29. The molecule has 2 N–H and O–H groups in total. The molecular formula is C19H16N2O3S. The standard InChI is InChI=1S/C19H16N2O3S/c22-19(16-10-5-2-6-11-16)20-21-25(23,24)18-13-7-12-17(14-18)15-8-3-1-4-9-15/h1-14,21H,(H,20,22). The van der Waals surface area contributed by atoms with Gasteiger partial charge < -0.3 is 0 Å². The molecule has 0 saturated heterocycles. The molecule has 0 fully saturated rings. The molecule has 25 heavy (non-hydrogen) atoms. The van der Waals surface area contributed by atoms with Crippen molar-refractivity contribution in [1.82, 2.24) is 10.3 Å². The number of carbonyl (C=O) groups is 1. The van der Waals surface area contributed by atoms with Crippen LogP contribution in [0.3, 0.4) is 0 Å². The van der Waals surface area contributed by atoms with E-state index < -0.39 is 15.9 Å². The van der Waals surface area contributed by atoms with Crippen molar-refractivity contribution in [1.29, 1.82) is 0 Å². The van der Waals surface area contributed by atoms with Crippen molar-refractivity contribution in [3.63, 3.8) is 0 Å². The lowest BCUT2D eigenvalue weighted by Gasteiger charge is -2.10. The summed E-state index contributed by atoms with van der Waals surface area (Å²) in [5.74, 6) is -0.525. The van der Waals surface area contributed by atoms with Gasteiger partial charge in [0, 0.05) is 5.56 Å². The fraction of sp³-hybridized carbons (Fsp3) is 0. The van der Waals surface area contributed by atoms with Crippen LogP contribution >= 0.6 is 0 Å². The number of amides is 1. The highest BCUT2D eigenvalue weighted by atomic mass is 32.2. The average Bonchev–Trinajstić information content (AvgIpc) is 2.68. The van der Waals surface area contributed by atoms with Crippen LogP contribution in [0.15, 0.2) is 89.8 Å². The molecule has 126 valence electrons. The van der Waals surface area contributed by atoms with Gasteiger partial charge in [-0.15, -0.1) is 4.83 Å². The van der Waals surface area contributed by atoms with Crippen LogP contribution in [0.2, 0.25) is 0 Å². The number of benzene rings is 3. The maximum Gasteiger partial charge on any atom is 0.266 e. The molecule has 0 saturated carbocycles. The summed E-state index contributed by atoms with van der Waals surface area (Å²) in [5, 5.41) is 0. The maximum atomic E-state index is 12.4. The number of carbonyl (C=O) groups excluding carboxylic acids is 1. The third-order valence-electron chi connectivity index (χ3n) is 3.59. The number of nitrogens with one attached hydrogen (secondary N) is 2. The fourth-order valence-corrected chi connectivity index (χ4v) is 3.19. The van der Waals surface area contributed by atoms with Crippen LogP contribution in [0.25, 0.3) is 11.1 Å². The second-order valence-corrected chi connectivity index (χ2v) is 7.00. The van der Waals surface area contributed by atoms with Crippen molar-refractivity contribution in [2.75, 3.05) is 0 Å². The molecule has 0 aromatic heterocycles. The summed E-state index contributed by atoms with van der Waals surface area (Å²) in [6.45, 7) is 0. The van der Waals surface area contributed by atoms with Gasteiger partial charge >= 0.3 is 0 Å². The van der Waals surface area contributed by atoms with E-state index in [1.165, 1.54) is 6.07 Å². The third-order valence-corrected chi connectivity index (χ3v) is 4.83. The number of rotatable bonds is 5. The van der Waals surface area contributed by atoms with E-state index in [-0.39, 0.29) is 4.90 Å². The van der Waals surface area contributed by atoms with Crippen molar-refractivity contribution >= 4 is 15.9 Å². The van der Waals surface area contributed by atoms with Gasteiger partial charge in [0.1, 0.15) is 0 Å². The predicted molar refractivity (Wildman–Crippen MR) is 96.1 cm³/mol. The van der Waals surface area contributed by atoms with E-state index >= 15 is 0 Å². The lowest BCUT2D eigenvalue weighted by Crippen LogP contribution is -2.41. The predicted octanol–water partition coefficient (Wildman–Crippen LogP) is 2.98. The summed E-state index contributed by atoms with van der Waals surface area (Å²) in [6, 6.07) is 24.4. The van der Waals surface area contributed by atoms with Crippen molar-refractivity contribution in [2.45, 2.75) is 4.90 Å². The van der Waals surface area contributed by atoms with Crippen LogP contribution in [-0.4, -0.2) is 14.3 Å². The Morgan fingerprint density at radius 2 is 1.32 bits per heavy atom. The van der Waals surface area contributed by atoms with Crippen LogP contribution in [-0.2, 0) is 10.0 Å². The monoisotopic (exact) mass is 352 g/mol. The molecule has 0 bridgehead atoms. The van der Waals surface area contributed by atoms with Crippen LogP contribution < -0.4 is 10.3 Å². The van der Waals surface area contributed by atoms with E-state index in [4.69, 9.17) is 0 Å². The van der Waals surface area contributed by atoms with Crippen LogP contribution in [0.5, 0.6) is 0 Å². The Hall–Kier alpha value is -2.96. The lowest BCUT2D eigenvalue weighted by atomic mass is 10.1. The zero-order chi connectivity index (χ0) is 17.7. The van der Waals surface area contributed by atoms with Crippen LogP contribution in [0.4, 0.5) is 0 Å². The number of sulfonamides is 1. The Kier molecular flexibility index (Phi) is 4.92. The van der Waals surface area contributed by atoms with E-state index in [1.54, 1.807) is 42.5 Å². The molecule has 0 spiro atoms. The SMILES string of the molecule is O=C(NNS(=O)(=O)c1cccc(-c2ccccc2)c1)c1ccccc1. The molecule has 0 aliphatic rings. The molecule has 1 amide bonds. The van der Waals surface area contributed by atoms with Gasteiger partial charge in [0.15, 0.2) is 0 Å². The van der Waals surface area contributed by atoms with Gasteiger partial charge in [0.05, 0.1) is 4.90 Å². The smallest absolute Gasteiger partial charge is 0.266 e. The maximum absolute atomic E-state index is 12.4. The summed E-state index contributed by atoms with van der Waals surface area (Å²) in [4.78, 5) is 14.2. The number of hydrogen-bond donors (Lipinski definition) is 2. The third kappa shape index (κ3) is 4.12. The van der Waals surface area contributed by atoms with Gasteiger partial charge in [-0.3, -0.25) is 10.2 Å². The van der Waals surface area contributed by atoms with Gasteiger partial charge in [-0.25, -0.2) is 8.42 Å². The van der Waals surface area contributed by atoms with Gasteiger partial charge in [0.2, 0.25) is 0 Å². The topological polar surface area (TPSA) is 75.3 Å². The molecule has 5 nitrogen and oxygen atoms in total. The van der Waals surface area contributed by atoms with Gasteiger partial charge in [-0.2, -0.15) is 0 Å². The summed E-state index contributed by atoms with van der Waals surface area (Å²) in [5.41, 5.74) is 4.27. The minimum atomic E-state index is -3.88. The van der Waals surface area contributed by atoms with Gasteiger partial charge in [-0.05, 0) is 35.4 Å². The van der Waals surface area contributed by atoms with Crippen molar-refractivity contribution in [3.8, 4) is 11.1 Å². The largest absolute Gasteiger partial charge is 0.273 e. The molecule has 3 aromatic rings. The van der Waals surface area contributed by atoms with Crippen LogP contribution in [0.1, 0.15) is 10.4 Å². The van der Waals surface area contributed by atoms with E-state index in [1.807, 2.05) is 36.4 Å². The van der Waals surface area contributed by atoms with E-state index in [0.717, 1.165) is 11.1 Å². The fourth-order valence-electron chi connectivity index (χ4n) is 2.31. The molecule has 3 rings (SSSR count). The summed E-state index contributed by atoms with van der Waals surface area (Å²) in [6.07, 6.45) is 0. The molecule has 0 unspecified atom stereocenters. The first-order chi connectivity index (χ1) is 12.1. The summed E-state index contributed by atoms with van der Waals surface area (Å²) < 4.78 is 24.9. The molecular weight excluding hydrogens is 336 g/mol. The minimum Gasteiger partial charge on any atom is -0.273 e. The normalized spacial score (nSPS) is 11.0. The Morgan fingerprint density at radius 3 is 2.00 bits per heavy atom. The highest BCUT2D eigenvalue weighted by Crippen LogP contribution is 2.21. The molecule has 0 radical (unpaired) electrons. The Labute approximate surface area is 146 Å². The Balaban J connectivity index is 1.78. The molecule has 0 atom stereocenters. The van der Waals surface area contributed by atoms with E-state index in [2.05, 4.69) is 10.3 Å². The van der Waals surface area contributed by atoms with Crippen molar-refractivity contribution in [3.05, 3.63) is 90.5 Å². The first kappa shape index (κ1) is 16.9. The Bertz CT molecular complexity index is 972. The summed E-state index contributed by atoms with van der Waals surface area (Å²) in [7, 11) is -3.88.